The third-order valence-corrected chi connectivity index (χ3v) is 3.87. The summed E-state index contributed by atoms with van der Waals surface area (Å²) in [6.45, 7) is 7.26. The Bertz CT molecular complexity index is 712. The van der Waals surface area contributed by atoms with E-state index in [2.05, 4.69) is 11.9 Å². The Morgan fingerprint density at radius 2 is 1.81 bits per heavy atom. The largest absolute Gasteiger partial charge is 0.497 e. The second-order valence-corrected chi connectivity index (χ2v) is 6.15. The third kappa shape index (κ3) is 5.79. The topological polar surface area (TPSA) is 60.0 Å². The highest BCUT2D eigenvalue weighted by molar-refractivity contribution is 5.43. The highest BCUT2D eigenvalue weighted by Gasteiger charge is 2.09. The lowest BCUT2D eigenvalue weighted by Crippen LogP contribution is -2.21. The Morgan fingerprint density at radius 3 is 2.42 bits per heavy atom. The van der Waals surface area contributed by atoms with Crippen LogP contribution in [0.5, 0.6) is 17.2 Å². The molecule has 0 aliphatic rings. The Balaban J connectivity index is 1.91. The molecule has 2 rings (SSSR count). The molecule has 1 unspecified atom stereocenters. The van der Waals surface area contributed by atoms with E-state index in [1.165, 1.54) is 0 Å². The maximum absolute atomic E-state index is 10.3. The molecule has 0 fully saturated rings. The van der Waals surface area contributed by atoms with E-state index in [1.54, 1.807) is 14.2 Å². The van der Waals surface area contributed by atoms with Crippen LogP contribution in [0.3, 0.4) is 0 Å². The molecule has 0 aliphatic carbocycles. The van der Waals surface area contributed by atoms with Crippen molar-refractivity contribution in [3.8, 4) is 17.2 Å². The number of benzene rings is 2. The molecule has 1 atom stereocenters. The first-order chi connectivity index (χ1) is 12.5. The molecular formula is C21H27NO4. The maximum Gasteiger partial charge on any atom is 0.161 e. The second kappa shape index (κ2) is 9.85. The van der Waals surface area contributed by atoms with Crippen LogP contribution in [0, 0.1) is 0 Å². The summed E-state index contributed by atoms with van der Waals surface area (Å²) < 4.78 is 16.2. The lowest BCUT2D eigenvalue weighted by molar-refractivity contribution is 0.174. The van der Waals surface area contributed by atoms with E-state index in [-0.39, 0.29) is 0 Å². The second-order valence-electron chi connectivity index (χ2n) is 6.15. The predicted octanol–water partition coefficient (Wildman–Crippen LogP) is 3.48. The van der Waals surface area contributed by atoms with Crippen LogP contribution in [-0.4, -0.2) is 32.5 Å². The minimum absolute atomic E-state index is 0.445. The van der Waals surface area contributed by atoms with Crippen LogP contribution in [0.4, 0.5) is 0 Å². The van der Waals surface area contributed by atoms with E-state index < -0.39 is 6.10 Å². The number of aliphatic hydroxyl groups excluding tert-OH is 1. The van der Waals surface area contributed by atoms with Crippen LogP contribution in [0.1, 0.15) is 24.2 Å². The van der Waals surface area contributed by atoms with Crippen LogP contribution < -0.4 is 19.5 Å². The van der Waals surface area contributed by atoms with Crippen molar-refractivity contribution in [2.75, 3.05) is 27.4 Å². The summed E-state index contributed by atoms with van der Waals surface area (Å²) in [6.07, 6.45) is -0.585. The number of hydrogen-bond donors (Lipinski definition) is 2. The molecule has 140 valence electrons. The van der Waals surface area contributed by atoms with Gasteiger partial charge in [0.1, 0.15) is 12.4 Å². The van der Waals surface area contributed by atoms with Crippen LogP contribution in [0.2, 0.25) is 0 Å². The zero-order chi connectivity index (χ0) is 18.9. The van der Waals surface area contributed by atoms with E-state index in [9.17, 15) is 5.11 Å². The van der Waals surface area contributed by atoms with Gasteiger partial charge in [-0.05, 0) is 47.9 Å². The number of methoxy groups -OCH3 is 2. The van der Waals surface area contributed by atoms with Gasteiger partial charge in [0.15, 0.2) is 11.5 Å². The molecule has 0 heterocycles. The van der Waals surface area contributed by atoms with Crippen LogP contribution in [0.15, 0.2) is 54.6 Å². The van der Waals surface area contributed by atoms with E-state index in [4.69, 9.17) is 14.2 Å². The first kappa shape index (κ1) is 19.8. The van der Waals surface area contributed by atoms with Crippen molar-refractivity contribution in [1.82, 2.24) is 5.32 Å². The first-order valence-electron chi connectivity index (χ1n) is 8.50. The minimum Gasteiger partial charge on any atom is -0.497 e. The Morgan fingerprint density at radius 1 is 1.08 bits per heavy atom. The molecular weight excluding hydrogens is 330 g/mol. The molecule has 0 saturated heterocycles. The van der Waals surface area contributed by atoms with Crippen molar-refractivity contribution < 1.29 is 19.3 Å². The van der Waals surface area contributed by atoms with Gasteiger partial charge in [0, 0.05) is 13.1 Å². The summed E-state index contributed by atoms with van der Waals surface area (Å²) in [5.74, 6) is 2.15. The molecule has 2 aromatic rings. The van der Waals surface area contributed by atoms with Crippen molar-refractivity contribution >= 4 is 0 Å². The summed E-state index contributed by atoms with van der Waals surface area (Å²) in [4.78, 5) is 0. The average Bonchev–Trinajstić information content (AvgIpc) is 2.66. The standard InChI is InChI=1S/C21H27NO4/c1-15(2)14-26-21-11-16(5-10-20(21)25-4)12-22-13-19(23)17-6-8-18(24-3)9-7-17/h5-11,19,22-23H,1,12-14H2,2-4H3. The van der Waals surface area contributed by atoms with Gasteiger partial charge >= 0.3 is 0 Å². The molecule has 0 saturated carbocycles. The van der Waals surface area contributed by atoms with Gasteiger partial charge in [0.2, 0.25) is 0 Å². The zero-order valence-corrected chi connectivity index (χ0v) is 15.6. The van der Waals surface area contributed by atoms with Gasteiger partial charge in [0.25, 0.3) is 0 Å². The Kier molecular flexibility index (Phi) is 7.51. The summed E-state index contributed by atoms with van der Waals surface area (Å²) in [6, 6.07) is 13.2. The molecule has 0 spiro atoms. The number of hydrogen-bond acceptors (Lipinski definition) is 5. The van der Waals surface area contributed by atoms with E-state index in [0.717, 1.165) is 22.4 Å². The van der Waals surface area contributed by atoms with E-state index in [0.29, 0.717) is 31.2 Å². The molecule has 5 heteroatoms. The SMILES string of the molecule is C=C(C)COc1cc(CNCC(O)c2ccc(OC)cc2)ccc1OC. The Labute approximate surface area is 155 Å². The summed E-state index contributed by atoms with van der Waals surface area (Å²) in [5.41, 5.74) is 2.83. The third-order valence-electron chi connectivity index (χ3n) is 3.87. The fraction of sp³-hybridized carbons (Fsp3) is 0.333. The summed E-state index contributed by atoms with van der Waals surface area (Å²) >= 11 is 0. The van der Waals surface area contributed by atoms with Crippen LogP contribution >= 0.6 is 0 Å². The van der Waals surface area contributed by atoms with Crippen LogP contribution in [0.25, 0.3) is 0 Å². The number of rotatable bonds is 10. The van der Waals surface area contributed by atoms with Crippen molar-refractivity contribution in [3.05, 3.63) is 65.7 Å². The highest BCUT2D eigenvalue weighted by atomic mass is 16.5. The van der Waals surface area contributed by atoms with Gasteiger partial charge < -0.3 is 24.6 Å². The normalized spacial score (nSPS) is 11.7. The number of ether oxygens (including phenoxy) is 3. The number of aliphatic hydroxyl groups is 1. The zero-order valence-electron chi connectivity index (χ0n) is 15.6. The molecule has 5 nitrogen and oxygen atoms in total. The van der Waals surface area contributed by atoms with Gasteiger partial charge in [-0.2, -0.15) is 0 Å². The highest BCUT2D eigenvalue weighted by Crippen LogP contribution is 2.28. The summed E-state index contributed by atoms with van der Waals surface area (Å²) in [7, 11) is 3.24. The number of nitrogens with one attached hydrogen (secondary N) is 1. The van der Waals surface area contributed by atoms with E-state index in [1.807, 2.05) is 49.4 Å². The van der Waals surface area contributed by atoms with Gasteiger partial charge in [-0.3, -0.25) is 0 Å². The molecule has 0 radical (unpaired) electrons. The van der Waals surface area contributed by atoms with Gasteiger partial charge in [-0.25, -0.2) is 0 Å². The fourth-order valence-electron chi connectivity index (χ4n) is 2.44. The smallest absolute Gasteiger partial charge is 0.161 e. The van der Waals surface area contributed by atoms with Gasteiger partial charge in [0.05, 0.1) is 20.3 Å². The lowest BCUT2D eigenvalue weighted by Gasteiger charge is -2.15. The molecule has 0 aromatic heterocycles. The molecule has 0 aliphatic heterocycles. The molecule has 26 heavy (non-hydrogen) atoms. The Hall–Kier alpha value is -2.50. The molecule has 0 amide bonds. The predicted molar refractivity (Wildman–Crippen MR) is 103 cm³/mol. The van der Waals surface area contributed by atoms with Crippen LogP contribution in [-0.2, 0) is 6.54 Å². The first-order valence-corrected chi connectivity index (χ1v) is 8.50. The van der Waals surface area contributed by atoms with Crippen molar-refractivity contribution in [1.29, 1.82) is 0 Å². The van der Waals surface area contributed by atoms with Gasteiger partial charge in [-0.15, -0.1) is 0 Å². The average molecular weight is 357 g/mol. The summed E-state index contributed by atoms with van der Waals surface area (Å²) in [5, 5.41) is 13.5. The van der Waals surface area contributed by atoms with Gasteiger partial charge in [-0.1, -0.05) is 24.8 Å². The maximum atomic E-state index is 10.3. The monoisotopic (exact) mass is 357 g/mol. The van der Waals surface area contributed by atoms with Crippen molar-refractivity contribution in [2.24, 2.45) is 0 Å². The molecule has 0 bridgehead atoms. The quantitative estimate of drug-likeness (QED) is 0.638. The molecule has 2 aromatic carbocycles. The van der Waals surface area contributed by atoms with Crippen molar-refractivity contribution in [2.45, 2.75) is 19.6 Å². The minimum atomic E-state index is -0.585. The lowest BCUT2D eigenvalue weighted by atomic mass is 10.1. The van der Waals surface area contributed by atoms with Crippen molar-refractivity contribution in [3.63, 3.8) is 0 Å². The molecule has 2 N–H and O–H groups in total. The van der Waals surface area contributed by atoms with E-state index >= 15 is 0 Å². The fourth-order valence-corrected chi connectivity index (χ4v) is 2.44.